The van der Waals surface area contributed by atoms with Crippen LogP contribution in [0.25, 0.3) is 0 Å². The van der Waals surface area contributed by atoms with E-state index < -0.39 is 0 Å². The van der Waals surface area contributed by atoms with Gasteiger partial charge in [0.05, 0.1) is 0 Å². The predicted molar refractivity (Wildman–Crippen MR) is 98.1 cm³/mol. The molecule has 24 heavy (non-hydrogen) atoms. The first-order chi connectivity index (χ1) is 11.9. The van der Waals surface area contributed by atoms with Crippen LogP contribution in [0.4, 0.5) is 0 Å². The summed E-state index contributed by atoms with van der Waals surface area (Å²) in [6.07, 6.45) is 0.964. The van der Waals surface area contributed by atoms with Crippen LogP contribution in [0.2, 0.25) is 0 Å². The standard InChI is InChI=1S/C22H22NO/c1-3-7-20(8-4-1)17-23-16-15-19-11-13-22(14-12-19)24-18-21-9-5-2-6-10-21/h1-14H,15-18H2. The lowest BCUT2D eigenvalue weighted by molar-refractivity contribution is 0.306. The van der Waals surface area contributed by atoms with Crippen molar-refractivity contribution in [3.63, 3.8) is 0 Å². The highest BCUT2D eigenvalue weighted by Gasteiger charge is 1.98. The summed E-state index contributed by atoms with van der Waals surface area (Å²) in [5.41, 5.74) is 3.74. The van der Waals surface area contributed by atoms with Gasteiger partial charge in [-0.1, -0.05) is 72.8 Å². The Morgan fingerprint density at radius 1 is 0.625 bits per heavy atom. The van der Waals surface area contributed by atoms with Crippen LogP contribution in [0.3, 0.4) is 0 Å². The molecule has 3 aromatic rings. The summed E-state index contributed by atoms with van der Waals surface area (Å²) in [6, 6.07) is 28.9. The highest BCUT2D eigenvalue weighted by molar-refractivity contribution is 5.28. The first-order valence-electron chi connectivity index (χ1n) is 8.33. The van der Waals surface area contributed by atoms with Crippen molar-refractivity contribution >= 4 is 0 Å². The Hall–Kier alpha value is -2.58. The average molecular weight is 316 g/mol. The van der Waals surface area contributed by atoms with Gasteiger partial charge in [-0.2, -0.15) is 0 Å². The van der Waals surface area contributed by atoms with Crippen molar-refractivity contribution in [3.8, 4) is 5.75 Å². The molecule has 3 aromatic carbocycles. The molecule has 3 rings (SSSR count). The molecule has 2 heteroatoms. The van der Waals surface area contributed by atoms with Gasteiger partial charge in [-0.05, 0) is 35.2 Å². The largest absolute Gasteiger partial charge is 0.489 e. The molecule has 0 heterocycles. The van der Waals surface area contributed by atoms with Crippen molar-refractivity contribution in [2.45, 2.75) is 19.6 Å². The Morgan fingerprint density at radius 2 is 1.25 bits per heavy atom. The van der Waals surface area contributed by atoms with E-state index in [2.05, 4.69) is 53.8 Å². The number of hydrogen-bond donors (Lipinski definition) is 0. The van der Waals surface area contributed by atoms with Gasteiger partial charge >= 0.3 is 0 Å². The smallest absolute Gasteiger partial charge is 0.119 e. The van der Waals surface area contributed by atoms with Crippen molar-refractivity contribution in [3.05, 3.63) is 102 Å². The lowest BCUT2D eigenvalue weighted by Gasteiger charge is -2.08. The zero-order valence-electron chi connectivity index (χ0n) is 13.8. The van der Waals surface area contributed by atoms with Crippen LogP contribution in [-0.2, 0) is 19.6 Å². The second-order valence-corrected chi connectivity index (χ2v) is 5.76. The van der Waals surface area contributed by atoms with Crippen LogP contribution >= 0.6 is 0 Å². The van der Waals surface area contributed by atoms with Crippen molar-refractivity contribution in [2.24, 2.45) is 0 Å². The molecule has 0 saturated carbocycles. The monoisotopic (exact) mass is 316 g/mol. The summed E-state index contributed by atoms with van der Waals surface area (Å²) in [4.78, 5) is 0. The third-order valence-corrected chi connectivity index (χ3v) is 3.87. The fourth-order valence-electron chi connectivity index (χ4n) is 2.49. The predicted octanol–water partition coefficient (Wildman–Crippen LogP) is 4.61. The molecule has 2 nitrogen and oxygen atoms in total. The van der Waals surface area contributed by atoms with Crippen molar-refractivity contribution < 1.29 is 4.74 Å². The minimum absolute atomic E-state index is 0.604. The maximum Gasteiger partial charge on any atom is 0.119 e. The zero-order valence-corrected chi connectivity index (χ0v) is 13.8. The average Bonchev–Trinajstić information content (AvgIpc) is 2.66. The Bertz CT molecular complexity index is 708. The van der Waals surface area contributed by atoms with E-state index in [1.54, 1.807) is 0 Å². The van der Waals surface area contributed by atoms with E-state index in [-0.39, 0.29) is 0 Å². The zero-order chi connectivity index (χ0) is 16.5. The second-order valence-electron chi connectivity index (χ2n) is 5.76. The van der Waals surface area contributed by atoms with Gasteiger partial charge in [0.15, 0.2) is 0 Å². The molecule has 0 unspecified atom stereocenters. The molecular formula is C22H22NO. The van der Waals surface area contributed by atoms with Gasteiger partial charge in [0.25, 0.3) is 0 Å². The molecule has 0 bridgehead atoms. The summed E-state index contributed by atoms with van der Waals surface area (Å²) >= 11 is 0. The molecular weight excluding hydrogens is 294 g/mol. The Labute approximate surface area is 144 Å². The number of nitrogens with zero attached hydrogens (tertiary/aromatic N) is 1. The first-order valence-corrected chi connectivity index (χ1v) is 8.33. The maximum atomic E-state index is 5.81. The molecule has 0 saturated heterocycles. The molecule has 1 radical (unpaired) electrons. The SMILES string of the molecule is c1ccc(C[N]CCc2ccc(OCc3ccccc3)cc2)cc1. The molecule has 0 fully saturated rings. The third kappa shape index (κ3) is 5.25. The van der Waals surface area contributed by atoms with Gasteiger partial charge in [-0.25, -0.2) is 5.32 Å². The Kier molecular flexibility index (Phi) is 6.04. The van der Waals surface area contributed by atoms with Crippen molar-refractivity contribution in [1.82, 2.24) is 5.32 Å². The topological polar surface area (TPSA) is 23.3 Å². The molecule has 0 N–H and O–H groups in total. The number of benzene rings is 3. The summed E-state index contributed by atoms with van der Waals surface area (Å²) in [5, 5.41) is 4.60. The van der Waals surface area contributed by atoms with E-state index >= 15 is 0 Å². The lowest BCUT2D eigenvalue weighted by Crippen LogP contribution is -2.09. The van der Waals surface area contributed by atoms with Crippen LogP contribution in [0.15, 0.2) is 84.9 Å². The minimum atomic E-state index is 0.604. The number of ether oxygens (including phenoxy) is 1. The lowest BCUT2D eigenvalue weighted by atomic mass is 10.1. The molecule has 0 spiro atoms. The molecule has 0 aliphatic rings. The van der Waals surface area contributed by atoms with Crippen LogP contribution < -0.4 is 10.1 Å². The van der Waals surface area contributed by atoms with Gasteiger partial charge in [-0.3, -0.25) is 0 Å². The van der Waals surface area contributed by atoms with E-state index in [0.717, 1.165) is 25.3 Å². The Morgan fingerprint density at radius 3 is 1.92 bits per heavy atom. The fraction of sp³-hybridized carbons (Fsp3) is 0.182. The Balaban J connectivity index is 1.40. The van der Waals surface area contributed by atoms with Crippen LogP contribution in [-0.4, -0.2) is 6.54 Å². The van der Waals surface area contributed by atoms with Crippen molar-refractivity contribution in [2.75, 3.05) is 6.54 Å². The normalized spacial score (nSPS) is 10.5. The van der Waals surface area contributed by atoms with E-state index in [0.29, 0.717) is 6.61 Å². The van der Waals surface area contributed by atoms with Crippen LogP contribution in [0.5, 0.6) is 5.75 Å². The van der Waals surface area contributed by atoms with E-state index in [1.807, 2.05) is 36.4 Å². The summed E-state index contributed by atoms with van der Waals surface area (Å²) in [7, 11) is 0. The molecule has 0 amide bonds. The maximum absolute atomic E-state index is 5.81. The van der Waals surface area contributed by atoms with Gasteiger partial charge < -0.3 is 4.74 Å². The fourth-order valence-corrected chi connectivity index (χ4v) is 2.49. The van der Waals surface area contributed by atoms with Crippen LogP contribution in [0.1, 0.15) is 16.7 Å². The highest BCUT2D eigenvalue weighted by Crippen LogP contribution is 2.14. The van der Waals surface area contributed by atoms with Gasteiger partial charge in [0.2, 0.25) is 0 Å². The van der Waals surface area contributed by atoms with Gasteiger partial charge in [-0.15, -0.1) is 0 Å². The summed E-state index contributed by atoms with van der Waals surface area (Å²) in [6.45, 7) is 2.24. The third-order valence-electron chi connectivity index (χ3n) is 3.87. The van der Waals surface area contributed by atoms with E-state index in [9.17, 15) is 0 Å². The quantitative estimate of drug-likeness (QED) is 0.556. The van der Waals surface area contributed by atoms with Gasteiger partial charge in [0.1, 0.15) is 12.4 Å². The first kappa shape index (κ1) is 16.3. The summed E-state index contributed by atoms with van der Waals surface area (Å²) < 4.78 is 5.81. The second kappa shape index (κ2) is 8.90. The number of hydrogen-bond acceptors (Lipinski definition) is 1. The van der Waals surface area contributed by atoms with Crippen LogP contribution in [0, 0.1) is 0 Å². The van der Waals surface area contributed by atoms with Gasteiger partial charge in [0, 0.05) is 13.1 Å². The molecule has 0 aliphatic carbocycles. The molecule has 0 atom stereocenters. The molecule has 0 aromatic heterocycles. The highest BCUT2D eigenvalue weighted by atomic mass is 16.5. The molecule has 0 aliphatic heterocycles. The minimum Gasteiger partial charge on any atom is -0.489 e. The van der Waals surface area contributed by atoms with Crippen molar-refractivity contribution in [1.29, 1.82) is 0 Å². The van der Waals surface area contributed by atoms with E-state index in [4.69, 9.17) is 4.74 Å². The van der Waals surface area contributed by atoms with E-state index in [1.165, 1.54) is 16.7 Å². The number of rotatable bonds is 8. The summed E-state index contributed by atoms with van der Waals surface area (Å²) in [5.74, 6) is 0.906. The molecule has 121 valence electrons.